The number of benzene rings is 1. The average molecular weight is 379 g/mol. The summed E-state index contributed by atoms with van der Waals surface area (Å²) < 4.78 is 7.71. The van der Waals surface area contributed by atoms with Gasteiger partial charge in [0, 0.05) is 30.8 Å². The lowest BCUT2D eigenvalue weighted by molar-refractivity contribution is 0.340. The zero-order valence-corrected chi connectivity index (χ0v) is 16.2. The van der Waals surface area contributed by atoms with Crippen LogP contribution in [-0.2, 0) is 7.05 Å². The molecule has 3 aromatic rings. The molecule has 0 saturated carbocycles. The van der Waals surface area contributed by atoms with E-state index in [1.54, 1.807) is 0 Å². The summed E-state index contributed by atoms with van der Waals surface area (Å²) in [6.07, 6.45) is 3.88. The predicted octanol–water partition coefficient (Wildman–Crippen LogP) is 4.00. The van der Waals surface area contributed by atoms with Gasteiger partial charge >= 0.3 is 0 Å². The molecule has 1 aliphatic heterocycles. The van der Waals surface area contributed by atoms with Crippen molar-refractivity contribution in [1.29, 1.82) is 0 Å². The van der Waals surface area contributed by atoms with Crippen LogP contribution in [0, 0.1) is 0 Å². The molecule has 1 N–H and O–H groups in total. The average Bonchev–Trinajstić information content (AvgIpc) is 3.26. The first-order chi connectivity index (χ1) is 13.2. The second kappa shape index (κ2) is 7.40. The molecule has 0 spiro atoms. The molecule has 1 aromatic carbocycles. The van der Waals surface area contributed by atoms with Crippen molar-refractivity contribution in [2.24, 2.45) is 7.05 Å². The molecule has 0 aliphatic carbocycles. The third kappa shape index (κ3) is 3.28. The van der Waals surface area contributed by atoms with Crippen molar-refractivity contribution in [3.8, 4) is 5.75 Å². The number of nitrogens with one attached hydrogen (secondary N) is 1. The highest BCUT2D eigenvalue weighted by Gasteiger charge is 2.41. The van der Waals surface area contributed by atoms with Crippen LogP contribution in [-0.4, -0.2) is 21.3 Å². The van der Waals surface area contributed by atoms with Gasteiger partial charge in [0.05, 0.1) is 18.3 Å². The minimum atomic E-state index is -0.0288. The minimum Gasteiger partial charge on any atom is -0.494 e. The molecule has 4 rings (SSSR count). The number of aromatic nitrogens is 2. The molecule has 1 fully saturated rings. The van der Waals surface area contributed by atoms with Crippen molar-refractivity contribution in [2.45, 2.75) is 19.0 Å². The van der Waals surface area contributed by atoms with Gasteiger partial charge in [-0.15, -0.1) is 0 Å². The number of rotatable bonds is 5. The van der Waals surface area contributed by atoms with Crippen molar-refractivity contribution in [3.63, 3.8) is 0 Å². The Labute approximate surface area is 164 Å². The molecule has 27 heavy (non-hydrogen) atoms. The lowest BCUT2D eigenvalue weighted by atomic mass is 10.0. The molecule has 0 radical (unpaired) electrons. The summed E-state index contributed by atoms with van der Waals surface area (Å²) in [6.45, 7) is 2.63. The minimum absolute atomic E-state index is 0.00495. The van der Waals surface area contributed by atoms with E-state index in [0.29, 0.717) is 11.7 Å². The van der Waals surface area contributed by atoms with Gasteiger partial charge in [0.1, 0.15) is 11.8 Å². The number of pyridine rings is 1. The van der Waals surface area contributed by atoms with E-state index in [-0.39, 0.29) is 12.1 Å². The molecule has 5 nitrogen and oxygen atoms in total. The molecule has 2 atom stereocenters. The molecule has 1 aliphatic rings. The Morgan fingerprint density at radius 2 is 1.93 bits per heavy atom. The zero-order chi connectivity index (χ0) is 18.8. The lowest BCUT2D eigenvalue weighted by Crippen LogP contribution is -2.30. The van der Waals surface area contributed by atoms with Crippen LogP contribution in [0.2, 0.25) is 0 Å². The number of thiocarbonyl (C=S) groups is 1. The normalized spacial score (nSPS) is 19.2. The molecule has 138 valence electrons. The number of hydrogen-bond donors (Lipinski definition) is 1. The fourth-order valence-corrected chi connectivity index (χ4v) is 3.93. The van der Waals surface area contributed by atoms with Crippen molar-refractivity contribution in [2.75, 3.05) is 11.5 Å². The van der Waals surface area contributed by atoms with Crippen LogP contribution in [0.25, 0.3) is 0 Å². The van der Waals surface area contributed by atoms with Gasteiger partial charge in [-0.05, 0) is 67.7 Å². The number of nitrogens with zero attached hydrogens (tertiary/aromatic N) is 3. The van der Waals surface area contributed by atoms with Crippen LogP contribution >= 0.6 is 12.2 Å². The molecule has 3 heterocycles. The third-order valence-electron chi connectivity index (χ3n) is 4.81. The van der Waals surface area contributed by atoms with E-state index < -0.39 is 0 Å². The van der Waals surface area contributed by atoms with E-state index in [2.05, 4.69) is 57.3 Å². The monoisotopic (exact) mass is 378 g/mol. The largest absolute Gasteiger partial charge is 0.494 e. The zero-order valence-electron chi connectivity index (χ0n) is 15.4. The Hall–Kier alpha value is -2.86. The summed E-state index contributed by atoms with van der Waals surface area (Å²) in [4.78, 5) is 6.74. The number of hydrogen-bond acceptors (Lipinski definition) is 3. The Kier molecular flexibility index (Phi) is 4.81. The topological polar surface area (TPSA) is 42.3 Å². The summed E-state index contributed by atoms with van der Waals surface area (Å²) >= 11 is 5.72. The summed E-state index contributed by atoms with van der Waals surface area (Å²) in [7, 11) is 2.06. The van der Waals surface area contributed by atoms with E-state index >= 15 is 0 Å². The quantitative estimate of drug-likeness (QED) is 0.680. The maximum absolute atomic E-state index is 5.72. The van der Waals surface area contributed by atoms with E-state index in [0.717, 1.165) is 17.1 Å². The first-order valence-electron chi connectivity index (χ1n) is 9.04. The van der Waals surface area contributed by atoms with Crippen LogP contribution in [0.3, 0.4) is 0 Å². The first-order valence-corrected chi connectivity index (χ1v) is 9.44. The highest BCUT2D eigenvalue weighted by molar-refractivity contribution is 7.80. The number of anilines is 1. The number of ether oxygens (including phenoxy) is 1. The van der Waals surface area contributed by atoms with Crippen LogP contribution in [0.1, 0.15) is 30.4 Å². The second-order valence-electron chi connectivity index (χ2n) is 6.47. The van der Waals surface area contributed by atoms with Crippen LogP contribution in [0.4, 0.5) is 5.69 Å². The number of aryl methyl sites for hydroxylation is 1. The molecule has 0 unspecified atom stereocenters. The molecule has 6 heteroatoms. The van der Waals surface area contributed by atoms with Gasteiger partial charge in [0.2, 0.25) is 0 Å². The van der Waals surface area contributed by atoms with E-state index in [1.165, 1.54) is 5.69 Å². The van der Waals surface area contributed by atoms with Crippen LogP contribution in [0.5, 0.6) is 5.75 Å². The van der Waals surface area contributed by atoms with Crippen molar-refractivity contribution < 1.29 is 4.74 Å². The van der Waals surface area contributed by atoms with Crippen LogP contribution < -0.4 is 15.0 Å². The second-order valence-corrected chi connectivity index (χ2v) is 6.85. The third-order valence-corrected chi connectivity index (χ3v) is 5.13. The van der Waals surface area contributed by atoms with Crippen molar-refractivity contribution >= 4 is 23.0 Å². The summed E-state index contributed by atoms with van der Waals surface area (Å²) in [5.74, 6) is 0.857. The van der Waals surface area contributed by atoms with E-state index in [4.69, 9.17) is 17.0 Å². The van der Waals surface area contributed by atoms with Gasteiger partial charge in [-0.2, -0.15) is 0 Å². The summed E-state index contributed by atoms with van der Waals surface area (Å²) in [5, 5.41) is 4.17. The maximum Gasteiger partial charge on any atom is 0.174 e. The van der Waals surface area contributed by atoms with E-state index in [9.17, 15) is 0 Å². The fraction of sp³-hybridized carbons (Fsp3) is 0.238. The fourth-order valence-electron chi connectivity index (χ4n) is 3.58. The molecular formula is C21H22N4OS. The highest BCUT2D eigenvalue weighted by Crippen LogP contribution is 2.41. The van der Waals surface area contributed by atoms with Crippen LogP contribution in [0.15, 0.2) is 67.0 Å². The van der Waals surface area contributed by atoms with Gasteiger partial charge < -0.3 is 19.5 Å². The maximum atomic E-state index is 5.72. The van der Waals surface area contributed by atoms with Gasteiger partial charge in [0.25, 0.3) is 0 Å². The van der Waals surface area contributed by atoms with Gasteiger partial charge in [-0.25, -0.2) is 0 Å². The Balaban J connectivity index is 1.77. The summed E-state index contributed by atoms with van der Waals surface area (Å²) in [6, 6.07) is 18.2. The smallest absolute Gasteiger partial charge is 0.174 e. The lowest BCUT2D eigenvalue weighted by Gasteiger charge is -2.28. The molecule has 1 saturated heterocycles. The summed E-state index contributed by atoms with van der Waals surface area (Å²) in [5.41, 5.74) is 3.17. The van der Waals surface area contributed by atoms with E-state index in [1.807, 2.05) is 43.5 Å². The standard InChI is InChI=1S/C21H22N4OS/c1-3-26-16-11-9-15(10-12-16)25-20(18-8-6-14-24(18)2)19(23-21(25)27)17-7-4-5-13-22-17/h4-14,19-20H,3H2,1-2H3,(H,23,27)/t19-,20+/m0/s1. The Morgan fingerprint density at radius 1 is 1.11 bits per heavy atom. The molecule has 0 bridgehead atoms. The highest BCUT2D eigenvalue weighted by atomic mass is 32.1. The SMILES string of the molecule is CCOc1ccc(N2C(=S)N[C@@H](c3ccccn3)[C@H]2c2cccn2C)cc1. The molecule has 0 amide bonds. The predicted molar refractivity (Wildman–Crippen MR) is 111 cm³/mol. The van der Waals surface area contributed by atoms with Crippen molar-refractivity contribution in [3.05, 3.63) is 78.4 Å². The first kappa shape index (κ1) is 17.5. The van der Waals surface area contributed by atoms with Crippen molar-refractivity contribution in [1.82, 2.24) is 14.9 Å². The van der Waals surface area contributed by atoms with Gasteiger partial charge in [0.15, 0.2) is 5.11 Å². The molecular weight excluding hydrogens is 356 g/mol. The Morgan fingerprint density at radius 3 is 2.56 bits per heavy atom. The van der Waals surface area contributed by atoms with Gasteiger partial charge in [-0.1, -0.05) is 6.07 Å². The molecule has 2 aromatic heterocycles. The van der Waals surface area contributed by atoms with Gasteiger partial charge in [-0.3, -0.25) is 4.98 Å². The Bertz CT molecular complexity index is 923.